The number of unbranched alkanes of at least 4 members (excludes halogenated alkanes) is 1. The summed E-state index contributed by atoms with van der Waals surface area (Å²) in [5.74, 6) is 0. The molecule has 0 aliphatic heterocycles. The van der Waals surface area contributed by atoms with Gasteiger partial charge in [-0.15, -0.1) is 23.2 Å². The van der Waals surface area contributed by atoms with E-state index in [0.29, 0.717) is 10.8 Å². The summed E-state index contributed by atoms with van der Waals surface area (Å²) >= 11 is 12.0. The average molecular weight is 211 g/mol. The molecule has 0 amide bonds. The molecule has 0 rings (SSSR count). The number of hydrogen-bond donors (Lipinski definition) is 0. The second kappa shape index (κ2) is 8.19. The Balaban J connectivity index is 3.10. The highest BCUT2D eigenvalue weighted by Crippen LogP contribution is 2.15. The van der Waals surface area contributed by atoms with Crippen molar-refractivity contribution in [2.45, 2.75) is 63.1 Å². The first-order chi connectivity index (χ1) is 5.70. The number of alkyl halides is 2. The van der Waals surface area contributed by atoms with Gasteiger partial charge in [-0.25, -0.2) is 0 Å². The fourth-order valence-corrected chi connectivity index (χ4v) is 1.45. The molecule has 0 N–H and O–H groups in total. The molecule has 12 heavy (non-hydrogen) atoms. The van der Waals surface area contributed by atoms with Gasteiger partial charge in [-0.3, -0.25) is 0 Å². The quantitative estimate of drug-likeness (QED) is 0.427. The van der Waals surface area contributed by atoms with Crippen molar-refractivity contribution in [1.82, 2.24) is 0 Å². The van der Waals surface area contributed by atoms with E-state index in [1.807, 2.05) is 0 Å². The minimum Gasteiger partial charge on any atom is -0.123 e. The largest absolute Gasteiger partial charge is 0.123 e. The molecule has 2 heteroatoms. The molecule has 0 aromatic heterocycles. The molecule has 0 saturated heterocycles. The SMILES string of the molecule is CCC(Cl)CCCCC(Cl)CC. The molecule has 0 aliphatic carbocycles. The van der Waals surface area contributed by atoms with Crippen molar-refractivity contribution < 1.29 is 0 Å². The molecular formula is C10H20Cl2. The van der Waals surface area contributed by atoms with E-state index in [0.717, 1.165) is 25.7 Å². The maximum Gasteiger partial charge on any atom is 0.0333 e. The first-order valence-electron chi connectivity index (χ1n) is 4.98. The van der Waals surface area contributed by atoms with Gasteiger partial charge in [0.15, 0.2) is 0 Å². The summed E-state index contributed by atoms with van der Waals surface area (Å²) in [6.07, 6.45) is 6.91. The predicted octanol–water partition coefficient (Wildman–Crippen LogP) is 4.58. The first-order valence-corrected chi connectivity index (χ1v) is 5.86. The van der Waals surface area contributed by atoms with Crippen LogP contribution >= 0.6 is 23.2 Å². The zero-order chi connectivity index (χ0) is 9.40. The Hall–Kier alpha value is 0.580. The van der Waals surface area contributed by atoms with Gasteiger partial charge < -0.3 is 0 Å². The highest BCUT2D eigenvalue weighted by Gasteiger charge is 2.03. The van der Waals surface area contributed by atoms with Crippen molar-refractivity contribution in [3.63, 3.8) is 0 Å². The summed E-state index contributed by atoms with van der Waals surface area (Å²) in [6.45, 7) is 4.27. The molecule has 0 aromatic rings. The van der Waals surface area contributed by atoms with Crippen LogP contribution in [0, 0.1) is 0 Å². The molecule has 0 saturated carbocycles. The third kappa shape index (κ3) is 7.24. The van der Waals surface area contributed by atoms with Crippen LogP contribution in [0.4, 0.5) is 0 Å². The van der Waals surface area contributed by atoms with Crippen LogP contribution in [0.5, 0.6) is 0 Å². The van der Waals surface area contributed by atoms with E-state index in [2.05, 4.69) is 13.8 Å². The van der Waals surface area contributed by atoms with Crippen LogP contribution in [0.2, 0.25) is 0 Å². The van der Waals surface area contributed by atoms with Crippen molar-refractivity contribution >= 4 is 23.2 Å². The highest BCUT2D eigenvalue weighted by atomic mass is 35.5. The lowest BCUT2D eigenvalue weighted by molar-refractivity contribution is 0.593. The van der Waals surface area contributed by atoms with Gasteiger partial charge in [-0.05, 0) is 25.7 Å². The van der Waals surface area contributed by atoms with Crippen molar-refractivity contribution in [2.75, 3.05) is 0 Å². The second-order valence-corrected chi connectivity index (χ2v) is 4.53. The van der Waals surface area contributed by atoms with Crippen LogP contribution in [-0.2, 0) is 0 Å². The third-order valence-corrected chi connectivity index (χ3v) is 3.22. The van der Waals surface area contributed by atoms with Crippen LogP contribution in [0.15, 0.2) is 0 Å². The molecule has 0 heterocycles. The van der Waals surface area contributed by atoms with Crippen LogP contribution in [0.3, 0.4) is 0 Å². The monoisotopic (exact) mass is 210 g/mol. The maximum atomic E-state index is 5.98. The van der Waals surface area contributed by atoms with E-state index in [1.165, 1.54) is 12.8 Å². The molecule has 2 atom stereocenters. The van der Waals surface area contributed by atoms with E-state index < -0.39 is 0 Å². The van der Waals surface area contributed by atoms with Gasteiger partial charge in [-0.1, -0.05) is 26.7 Å². The van der Waals surface area contributed by atoms with Crippen LogP contribution < -0.4 is 0 Å². The van der Waals surface area contributed by atoms with Crippen molar-refractivity contribution in [2.24, 2.45) is 0 Å². The average Bonchev–Trinajstić information content (AvgIpc) is 2.11. The summed E-state index contributed by atoms with van der Waals surface area (Å²) in [7, 11) is 0. The van der Waals surface area contributed by atoms with Crippen LogP contribution in [0.25, 0.3) is 0 Å². The Bertz CT molecular complexity index is 81.8. The minimum atomic E-state index is 0.375. The van der Waals surface area contributed by atoms with Gasteiger partial charge in [0, 0.05) is 10.8 Å². The molecule has 0 nitrogen and oxygen atoms in total. The molecule has 0 fully saturated rings. The number of halogens is 2. The summed E-state index contributed by atoms with van der Waals surface area (Å²) < 4.78 is 0. The third-order valence-electron chi connectivity index (χ3n) is 2.17. The lowest BCUT2D eigenvalue weighted by Crippen LogP contribution is -1.98. The summed E-state index contributed by atoms with van der Waals surface area (Å²) in [5.41, 5.74) is 0. The van der Waals surface area contributed by atoms with E-state index >= 15 is 0 Å². The van der Waals surface area contributed by atoms with Crippen LogP contribution in [-0.4, -0.2) is 10.8 Å². The molecule has 2 unspecified atom stereocenters. The lowest BCUT2D eigenvalue weighted by atomic mass is 10.1. The highest BCUT2D eigenvalue weighted by molar-refractivity contribution is 6.20. The fraction of sp³-hybridized carbons (Fsp3) is 1.00. The maximum absolute atomic E-state index is 5.98. The Kier molecular flexibility index (Phi) is 8.59. The Morgan fingerprint density at radius 1 is 0.833 bits per heavy atom. The van der Waals surface area contributed by atoms with Crippen molar-refractivity contribution in [3.05, 3.63) is 0 Å². The predicted molar refractivity (Wildman–Crippen MR) is 58.3 cm³/mol. The van der Waals surface area contributed by atoms with E-state index in [1.54, 1.807) is 0 Å². The molecule has 0 radical (unpaired) electrons. The van der Waals surface area contributed by atoms with Gasteiger partial charge in [0.2, 0.25) is 0 Å². The number of rotatable bonds is 7. The van der Waals surface area contributed by atoms with Gasteiger partial charge in [0.25, 0.3) is 0 Å². The standard InChI is InChI=1S/C10H20Cl2/c1-3-9(11)7-5-6-8-10(12)4-2/h9-10H,3-8H2,1-2H3. The topological polar surface area (TPSA) is 0 Å². The van der Waals surface area contributed by atoms with E-state index in [9.17, 15) is 0 Å². The zero-order valence-corrected chi connectivity index (χ0v) is 9.67. The summed E-state index contributed by atoms with van der Waals surface area (Å²) in [5, 5.41) is 0.751. The summed E-state index contributed by atoms with van der Waals surface area (Å²) in [6, 6.07) is 0. The minimum absolute atomic E-state index is 0.375. The molecule has 0 aromatic carbocycles. The molecular weight excluding hydrogens is 191 g/mol. The molecule has 0 spiro atoms. The van der Waals surface area contributed by atoms with E-state index in [-0.39, 0.29) is 0 Å². The van der Waals surface area contributed by atoms with Gasteiger partial charge in [0.1, 0.15) is 0 Å². The Morgan fingerprint density at radius 3 is 1.42 bits per heavy atom. The normalized spacial score (nSPS) is 16.0. The van der Waals surface area contributed by atoms with Crippen molar-refractivity contribution in [3.8, 4) is 0 Å². The first kappa shape index (κ1) is 12.6. The second-order valence-electron chi connectivity index (χ2n) is 3.30. The lowest BCUT2D eigenvalue weighted by Gasteiger charge is -2.07. The number of hydrogen-bond acceptors (Lipinski definition) is 0. The zero-order valence-electron chi connectivity index (χ0n) is 8.15. The molecule has 74 valence electrons. The van der Waals surface area contributed by atoms with Crippen LogP contribution in [0.1, 0.15) is 52.4 Å². The van der Waals surface area contributed by atoms with Gasteiger partial charge in [-0.2, -0.15) is 0 Å². The summed E-state index contributed by atoms with van der Waals surface area (Å²) in [4.78, 5) is 0. The Labute approximate surface area is 86.6 Å². The molecule has 0 aliphatic rings. The van der Waals surface area contributed by atoms with Gasteiger partial charge in [0.05, 0.1) is 0 Å². The Morgan fingerprint density at radius 2 is 1.17 bits per heavy atom. The smallest absolute Gasteiger partial charge is 0.0333 e. The fourth-order valence-electron chi connectivity index (χ4n) is 1.14. The molecule has 0 bridgehead atoms. The van der Waals surface area contributed by atoms with Crippen molar-refractivity contribution in [1.29, 1.82) is 0 Å². The van der Waals surface area contributed by atoms with E-state index in [4.69, 9.17) is 23.2 Å². The van der Waals surface area contributed by atoms with Gasteiger partial charge >= 0.3 is 0 Å².